The predicted molar refractivity (Wildman–Crippen MR) is 307 cm³/mol. The zero-order valence-electron chi connectivity index (χ0n) is 48.0. The molecule has 4 aliphatic rings. The third-order valence-electron chi connectivity index (χ3n) is 15.4. The molecule has 0 radical (unpaired) electrons. The Bertz CT molecular complexity index is 3860. The number of fused-ring (bicyclic) bond motifs is 8. The van der Waals surface area contributed by atoms with Crippen LogP contribution >= 0.6 is 0 Å². The first kappa shape index (κ1) is 62.0. The smallest absolute Gasteiger partial charge is 0.410 e. The van der Waals surface area contributed by atoms with Crippen molar-refractivity contribution in [3.05, 3.63) is 83.9 Å². The summed E-state index contributed by atoms with van der Waals surface area (Å²) < 4.78 is 153. The number of likely N-dealkylation sites (N-methyl/N-ethyl adjacent to an activating group) is 2. The summed E-state index contributed by atoms with van der Waals surface area (Å²) in [4.78, 5) is 60.5. The summed E-state index contributed by atoms with van der Waals surface area (Å²) in [6.07, 6.45) is 9.42. The fourth-order valence-electron chi connectivity index (χ4n) is 11.0. The second kappa shape index (κ2) is 23.4. The maximum absolute atomic E-state index is 15.6. The molecule has 6 aromatic rings. The van der Waals surface area contributed by atoms with Crippen LogP contribution in [-0.2, 0) is 45.2 Å². The summed E-state index contributed by atoms with van der Waals surface area (Å²) in [5.41, 5.74) is 0.814. The van der Waals surface area contributed by atoms with E-state index in [1.165, 1.54) is 41.6 Å². The molecule has 0 bridgehead atoms. The van der Waals surface area contributed by atoms with Crippen molar-refractivity contribution >= 4 is 82.5 Å². The fraction of sp³-hybridized carbons (Fsp3) is 0.456. The van der Waals surface area contributed by atoms with Gasteiger partial charge >= 0.3 is 17.6 Å². The molecule has 2 aliphatic carbocycles. The van der Waals surface area contributed by atoms with Gasteiger partial charge in [-0.05, 0) is 84.6 Å². The lowest BCUT2D eigenvalue weighted by atomic mass is 9.64. The van der Waals surface area contributed by atoms with Gasteiger partial charge in [-0.3, -0.25) is 29.0 Å². The lowest BCUT2D eigenvalue weighted by molar-refractivity contribution is -0.126. The number of sulfonamides is 2. The molecule has 6 heterocycles. The average molecular weight is 1230 g/mol. The van der Waals surface area contributed by atoms with Gasteiger partial charge in [0.05, 0.1) is 52.2 Å². The highest BCUT2D eigenvalue weighted by molar-refractivity contribution is 7.93. The van der Waals surface area contributed by atoms with Gasteiger partial charge in [-0.15, -0.1) is 0 Å². The van der Waals surface area contributed by atoms with Crippen LogP contribution in [0.1, 0.15) is 98.1 Å². The minimum Gasteiger partial charge on any atom is -0.475 e. The van der Waals surface area contributed by atoms with Crippen LogP contribution in [0.15, 0.2) is 61.2 Å². The van der Waals surface area contributed by atoms with Gasteiger partial charge in [0.25, 0.3) is 20.0 Å². The number of nitrogens with zero attached hydrogens (tertiary/aromatic N) is 7. The third-order valence-corrected chi connectivity index (χ3v) is 17.4. The summed E-state index contributed by atoms with van der Waals surface area (Å²) in [5, 5.41) is 4.26. The molecule has 85 heavy (non-hydrogen) atoms. The van der Waals surface area contributed by atoms with Crippen LogP contribution in [-0.4, -0.2) is 129 Å². The van der Waals surface area contributed by atoms with Crippen LogP contribution in [0.5, 0.6) is 11.8 Å². The molecule has 3 N–H and O–H groups in total. The van der Waals surface area contributed by atoms with E-state index in [0.717, 1.165) is 30.0 Å². The second-order valence-corrected chi connectivity index (χ2v) is 26.2. The number of hydrogen-bond donors (Lipinski definition) is 3. The van der Waals surface area contributed by atoms with Gasteiger partial charge in [0, 0.05) is 101 Å². The first-order valence-corrected chi connectivity index (χ1v) is 30.4. The lowest BCUT2D eigenvalue weighted by Crippen LogP contribution is -2.43. The Kier molecular flexibility index (Phi) is 17.0. The number of nitrogens with one attached hydrogen (secondary N) is 3. The van der Waals surface area contributed by atoms with E-state index in [1.54, 1.807) is 81.7 Å². The zero-order valence-corrected chi connectivity index (χ0v) is 49.6. The molecule has 20 nitrogen and oxygen atoms in total. The Hall–Kier alpha value is -7.59. The van der Waals surface area contributed by atoms with Crippen LogP contribution < -0.4 is 34.0 Å². The zero-order chi connectivity index (χ0) is 61.9. The number of alkyl halides is 4. The minimum atomic E-state index is -5.17. The van der Waals surface area contributed by atoms with Crippen LogP contribution in [0.25, 0.3) is 44.1 Å². The number of rotatable bonds is 18. The van der Waals surface area contributed by atoms with Gasteiger partial charge < -0.3 is 34.2 Å². The van der Waals surface area contributed by atoms with Crippen LogP contribution in [0.2, 0.25) is 0 Å². The topological polar surface area (TPSA) is 245 Å². The molecule has 10 rings (SSSR count). The number of anilines is 4. The molecule has 28 heteroatoms. The van der Waals surface area contributed by atoms with Crippen LogP contribution in [0, 0.1) is 11.6 Å². The summed E-state index contributed by atoms with van der Waals surface area (Å²) >= 11 is 0. The lowest BCUT2D eigenvalue weighted by Gasteiger charge is -2.37. The Labute approximate surface area is 487 Å². The molecule has 4 aromatic heterocycles. The normalized spacial score (nSPS) is 16.0. The molecule has 456 valence electrons. The molecular weight excluding hydrogens is 1160 g/mol. The Morgan fingerprint density at radius 2 is 1.08 bits per heavy atom. The maximum Gasteiger partial charge on any atom is 0.410 e. The van der Waals surface area contributed by atoms with E-state index >= 15 is 8.78 Å². The monoisotopic (exact) mass is 1230 g/mol. The van der Waals surface area contributed by atoms with Gasteiger partial charge in [-0.25, -0.2) is 40.4 Å². The number of amides is 3. The van der Waals surface area contributed by atoms with Crippen molar-refractivity contribution in [3.63, 3.8) is 0 Å². The molecule has 2 spiro atoms. The van der Waals surface area contributed by atoms with Crippen molar-refractivity contribution in [3.8, 4) is 34.0 Å². The first-order valence-electron chi connectivity index (χ1n) is 27.3. The highest BCUT2D eigenvalue weighted by atomic mass is 32.2. The number of hydrogen-bond acceptors (Lipinski definition) is 15. The number of pyridine rings is 4. The van der Waals surface area contributed by atoms with E-state index < -0.39 is 71.4 Å². The molecular formula is C57H64F6N10O10S2. The second-order valence-electron chi connectivity index (χ2n) is 22.9. The summed E-state index contributed by atoms with van der Waals surface area (Å²) in [5.74, 6) is -9.52. The highest BCUT2D eigenvalue weighted by Crippen LogP contribution is 2.57. The van der Waals surface area contributed by atoms with Crippen molar-refractivity contribution in [1.29, 1.82) is 0 Å². The number of ether oxygens (including phenoxy) is 3. The van der Waals surface area contributed by atoms with E-state index in [1.807, 2.05) is 18.6 Å². The van der Waals surface area contributed by atoms with Gasteiger partial charge in [-0.1, -0.05) is 26.7 Å². The van der Waals surface area contributed by atoms with Crippen LogP contribution in [0.3, 0.4) is 0 Å². The van der Waals surface area contributed by atoms with E-state index in [9.17, 15) is 48.8 Å². The average Bonchev–Trinajstić information content (AvgIpc) is 1.59. The van der Waals surface area contributed by atoms with E-state index in [-0.39, 0.29) is 83.4 Å². The third kappa shape index (κ3) is 11.9. The van der Waals surface area contributed by atoms with Crippen molar-refractivity contribution in [1.82, 2.24) is 30.2 Å². The number of carbonyl (C=O) groups is 3. The van der Waals surface area contributed by atoms with Gasteiger partial charge in [0.15, 0.2) is 0 Å². The van der Waals surface area contributed by atoms with Crippen LogP contribution in [0.4, 0.5) is 53.9 Å². The summed E-state index contributed by atoms with van der Waals surface area (Å²) in [6, 6.07) is 7.76. The molecule has 3 amide bonds. The Morgan fingerprint density at radius 3 is 1.45 bits per heavy atom. The molecule has 2 saturated carbocycles. The van der Waals surface area contributed by atoms with Crippen molar-refractivity contribution in [2.24, 2.45) is 0 Å². The largest absolute Gasteiger partial charge is 0.475 e. The number of halogens is 6. The van der Waals surface area contributed by atoms with E-state index in [0.29, 0.717) is 65.4 Å². The number of carbonyl (C=O) groups excluding carboxylic acids is 3. The molecule has 2 aromatic carbocycles. The molecule has 2 aliphatic heterocycles. The Balaban J connectivity index is 0.000000206. The van der Waals surface area contributed by atoms with Crippen molar-refractivity contribution < 1.29 is 71.8 Å². The molecule has 2 fully saturated rings. The fourth-order valence-corrected chi connectivity index (χ4v) is 12.1. The number of aromatic nitrogens is 4. The Morgan fingerprint density at radius 1 is 0.659 bits per heavy atom. The molecule has 0 unspecified atom stereocenters. The van der Waals surface area contributed by atoms with Gasteiger partial charge in [0.2, 0.25) is 23.6 Å². The molecule has 0 saturated heterocycles. The standard InChI is InChI=1S/C31H36F3N5O6S.C26H28F3N5O4S/c1-17(2)39(29(41)45-30(3,4)5)10-11-44-26-23(37-46(42,43)28(33)34)12-18(15-36-26)19-13-20-22(14-21(19)32)35-16-24-25(20)31(8-7-9-31)27(40)38(24)6;1-14(2)30-7-8-38-23-20(33-39(36,37)25(28)29)9-15(12-32-23)16-10-17-19(11-18(16)27)31-13-21-22(17)26(5-4-6-26)24(35)34(21)3/h12-17,28,37H,7-11H2,1-6H3;9-14,25,30,33H,4-8H2,1-3H3. The van der Waals surface area contributed by atoms with Crippen molar-refractivity contribution in [2.45, 2.75) is 127 Å². The van der Waals surface area contributed by atoms with E-state index in [4.69, 9.17) is 14.2 Å². The highest BCUT2D eigenvalue weighted by Gasteiger charge is 2.56. The van der Waals surface area contributed by atoms with E-state index in [2.05, 4.69) is 25.3 Å². The maximum atomic E-state index is 15.6. The predicted octanol–water partition coefficient (Wildman–Crippen LogP) is 10.00. The SMILES string of the molecule is CC(C)N(CCOc1ncc(-c2cc3c4c(cnc3cc2F)N(C)C(=O)C42CCC2)cc1NS(=O)(=O)C(F)F)C(=O)OC(C)(C)C.CC(C)NCCOc1ncc(-c2cc3c4c(cnc3cc2F)N(C)C(=O)C42CCC2)cc1NS(=O)(=O)C(F)F. The first-order chi connectivity index (χ1) is 39.9. The van der Waals surface area contributed by atoms with Gasteiger partial charge in [-0.2, -0.15) is 17.6 Å². The quantitative estimate of drug-likeness (QED) is 0.0535. The minimum absolute atomic E-state index is 0.00335. The van der Waals surface area contributed by atoms with Gasteiger partial charge in [0.1, 0.15) is 41.8 Å². The molecule has 0 atom stereocenters. The van der Waals surface area contributed by atoms with Crippen molar-refractivity contribution in [2.75, 3.05) is 59.6 Å². The summed E-state index contributed by atoms with van der Waals surface area (Å²) in [7, 11) is -6.87. The number of benzene rings is 2. The summed E-state index contributed by atoms with van der Waals surface area (Å²) in [6.45, 7) is 12.8.